The Morgan fingerprint density at radius 2 is 1.44 bits per heavy atom. The molecule has 52 valence electrons. The van der Waals surface area contributed by atoms with Gasteiger partial charge in [0.25, 0.3) is 0 Å². The summed E-state index contributed by atoms with van der Waals surface area (Å²) in [5.41, 5.74) is 0. The van der Waals surface area contributed by atoms with Crippen LogP contribution in [0.25, 0.3) is 0 Å². The predicted molar refractivity (Wildman–Crippen MR) is 39.9 cm³/mol. The summed E-state index contributed by atoms with van der Waals surface area (Å²) in [6.45, 7) is 7.25. The van der Waals surface area contributed by atoms with E-state index in [0.29, 0.717) is 0 Å². The molecule has 0 saturated carbocycles. The van der Waals surface area contributed by atoms with Gasteiger partial charge in [0, 0.05) is 13.2 Å². The zero-order chi connectivity index (χ0) is 6.41. The van der Waals surface area contributed by atoms with E-state index < -0.39 is 0 Å². The molecular weight excluding hydrogens is 111 g/mol. The molecule has 0 saturated heterocycles. The standard InChI is InChI=1S/C6H14O2.Li.H/c1-4-7-6(3)8-5-2;;/h6H,4-5H2,1-3H3;;. The van der Waals surface area contributed by atoms with Crippen LogP contribution in [0.15, 0.2) is 0 Å². The van der Waals surface area contributed by atoms with Gasteiger partial charge in [-0.25, -0.2) is 0 Å². The first kappa shape index (κ1) is 12.2. The average molecular weight is 126 g/mol. The summed E-state index contributed by atoms with van der Waals surface area (Å²) in [4.78, 5) is 0. The molecule has 0 rings (SSSR count). The van der Waals surface area contributed by atoms with Crippen LogP contribution in [0.3, 0.4) is 0 Å². The SMILES string of the molecule is CCOC(C)OCC.[LiH]. The van der Waals surface area contributed by atoms with Crippen molar-refractivity contribution in [2.45, 2.75) is 27.1 Å². The molecule has 0 fully saturated rings. The Bertz CT molecular complexity index is 44.3. The molecule has 3 heteroatoms. The molecule has 0 heterocycles. The summed E-state index contributed by atoms with van der Waals surface area (Å²) >= 11 is 0. The van der Waals surface area contributed by atoms with Crippen molar-refractivity contribution in [3.63, 3.8) is 0 Å². The van der Waals surface area contributed by atoms with Crippen molar-refractivity contribution in [2.24, 2.45) is 0 Å². The van der Waals surface area contributed by atoms with E-state index in [0.717, 1.165) is 13.2 Å². The fourth-order valence-corrected chi connectivity index (χ4v) is 0.518. The van der Waals surface area contributed by atoms with Crippen molar-refractivity contribution in [2.75, 3.05) is 13.2 Å². The van der Waals surface area contributed by atoms with Crippen LogP contribution >= 0.6 is 0 Å². The van der Waals surface area contributed by atoms with Crippen LogP contribution in [0.1, 0.15) is 20.8 Å². The number of hydrogen-bond donors (Lipinski definition) is 0. The van der Waals surface area contributed by atoms with Gasteiger partial charge in [-0.15, -0.1) is 0 Å². The third-order valence-electron chi connectivity index (χ3n) is 0.803. The van der Waals surface area contributed by atoms with E-state index in [2.05, 4.69) is 0 Å². The molecule has 0 atom stereocenters. The van der Waals surface area contributed by atoms with Crippen molar-refractivity contribution in [3.8, 4) is 0 Å². The molecule has 0 aliphatic rings. The van der Waals surface area contributed by atoms with Crippen LogP contribution in [-0.4, -0.2) is 38.4 Å². The molecule has 0 aromatic rings. The van der Waals surface area contributed by atoms with E-state index in [4.69, 9.17) is 9.47 Å². The zero-order valence-electron chi connectivity index (χ0n) is 5.81. The van der Waals surface area contributed by atoms with Crippen LogP contribution < -0.4 is 0 Å². The maximum absolute atomic E-state index is 5.06. The van der Waals surface area contributed by atoms with Gasteiger partial charge in [0.15, 0.2) is 6.29 Å². The van der Waals surface area contributed by atoms with Gasteiger partial charge >= 0.3 is 18.9 Å². The molecule has 0 radical (unpaired) electrons. The van der Waals surface area contributed by atoms with Crippen molar-refractivity contribution in [1.82, 2.24) is 0 Å². The summed E-state index contributed by atoms with van der Waals surface area (Å²) in [6.07, 6.45) is -0.0370. The first-order valence-electron chi connectivity index (χ1n) is 3.04. The first-order valence-corrected chi connectivity index (χ1v) is 3.04. The second-order valence-corrected chi connectivity index (χ2v) is 1.48. The van der Waals surface area contributed by atoms with Crippen molar-refractivity contribution in [3.05, 3.63) is 0 Å². The fraction of sp³-hybridized carbons (Fsp3) is 1.00. The molecule has 0 bridgehead atoms. The van der Waals surface area contributed by atoms with Gasteiger partial charge in [-0.2, -0.15) is 0 Å². The molecule has 0 aliphatic carbocycles. The predicted octanol–water partition coefficient (Wildman–Crippen LogP) is 0.757. The van der Waals surface area contributed by atoms with Gasteiger partial charge in [0.05, 0.1) is 0 Å². The Labute approximate surface area is 69.1 Å². The second kappa shape index (κ2) is 8.52. The van der Waals surface area contributed by atoms with Gasteiger partial charge in [0.2, 0.25) is 0 Å². The topological polar surface area (TPSA) is 18.5 Å². The van der Waals surface area contributed by atoms with Crippen molar-refractivity contribution >= 4 is 18.9 Å². The monoisotopic (exact) mass is 126 g/mol. The zero-order valence-corrected chi connectivity index (χ0v) is 5.81. The van der Waals surface area contributed by atoms with Crippen molar-refractivity contribution in [1.29, 1.82) is 0 Å². The van der Waals surface area contributed by atoms with E-state index >= 15 is 0 Å². The van der Waals surface area contributed by atoms with Crippen LogP contribution in [0.5, 0.6) is 0 Å². The Morgan fingerprint density at radius 3 is 1.67 bits per heavy atom. The van der Waals surface area contributed by atoms with E-state index in [1.54, 1.807) is 0 Å². The summed E-state index contributed by atoms with van der Waals surface area (Å²) in [6, 6.07) is 0. The molecule has 0 aromatic heterocycles. The summed E-state index contributed by atoms with van der Waals surface area (Å²) in [5.74, 6) is 0. The van der Waals surface area contributed by atoms with Gasteiger partial charge in [-0.05, 0) is 20.8 Å². The number of rotatable bonds is 4. The van der Waals surface area contributed by atoms with E-state index in [-0.39, 0.29) is 25.2 Å². The minimum atomic E-state index is -0.0370. The third kappa shape index (κ3) is 8.52. The molecule has 0 amide bonds. The Hall–Kier alpha value is 0.517. The van der Waals surface area contributed by atoms with Crippen molar-refractivity contribution < 1.29 is 9.47 Å². The summed E-state index contributed by atoms with van der Waals surface area (Å²) in [5, 5.41) is 0. The first-order chi connectivity index (χ1) is 3.81. The van der Waals surface area contributed by atoms with Gasteiger partial charge < -0.3 is 9.47 Å². The Morgan fingerprint density at radius 1 is 1.11 bits per heavy atom. The van der Waals surface area contributed by atoms with Gasteiger partial charge in [-0.1, -0.05) is 0 Å². The van der Waals surface area contributed by atoms with Crippen LogP contribution in [0.4, 0.5) is 0 Å². The van der Waals surface area contributed by atoms with Crippen LogP contribution in [-0.2, 0) is 9.47 Å². The molecule has 0 unspecified atom stereocenters. The summed E-state index contributed by atoms with van der Waals surface area (Å²) in [7, 11) is 0. The quantitative estimate of drug-likeness (QED) is 0.409. The van der Waals surface area contributed by atoms with E-state index in [1.807, 2.05) is 20.8 Å². The molecule has 0 N–H and O–H groups in total. The Balaban J connectivity index is 0. The molecule has 0 spiro atoms. The molecule has 2 nitrogen and oxygen atoms in total. The van der Waals surface area contributed by atoms with Crippen LogP contribution in [0, 0.1) is 0 Å². The second-order valence-electron chi connectivity index (χ2n) is 1.48. The van der Waals surface area contributed by atoms with E-state index in [9.17, 15) is 0 Å². The average Bonchev–Trinajstić information content (AvgIpc) is 1.68. The maximum atomic E-state index is 5.06. The molecular formula is C6H15LiO2. The number of ether oxygens (including phenoxy) is 2. The normalized spacial score (nSPS) is 9.33. The van der Waals surface area contributed by atoms with Gasteiger partial charge in [0.1, 0.15) is 0 Å². The fourth-order valence-electron chi connectivity index (χ4n) is 0.518. The number of hydrogen-bond acceptors (Lipinski definition) is 2. The molecule has 9 heavy (non-hydrogen) atoms. The van der Waals surface area contributed by atoms with E-state index in [1.165, 1.54) is 0 Å². The molecule has 0 aliphatic heterocycles. The summed E-state index contributed by atoms with van der Waals surface area (Å²) < 4.78 is 10.1. The van der Waals surface area contributed by atoms with Crippen LogP contribution in [0.2, 0.25) is 0 Å². The van der Waals surface area contributed by atoms with Gasteiger partial charge in [-0.3, -0.25) is 0 Å². The Kier molecular flexibility index (Phi) is 11.6. The minimum absolute atomic E-state index is 0. The third-order valence-corrected chi connectivity index (χ3v) is 0.803. The molecule has 0 aromatic carbocycles.